The Kier molecular flexibility index (Phi) is 7.83. The first-order chi connectivity index (χ1) is 17.9. The third kappa shape index (κ3) is 5.01. The molecule has 12 heteroatoms. The van der Waals surface area contributed by atoms with E-state index in [2.05, 4.69) is 0 Å². The Labute approximate surface area is 217 Å². The fraction of sp³-hybridized carbons (Fsp3) is 0.423. The molecule has 12 nitrogen and oxygen atoms in total. The van der Waals surface area contributed by atoms with Gasteiger partial charge in [-0.15, -0.1) is 0 Å². The molecule has 2 aromatic rings. The number of carbonyl (C=O) groups is 1. The largest absolute Gasteiger partial charge is 0.507 e. The predicted molar refractivity (Wildman–Crippen MR) is 129 cm³/mol. The lowest BCUT2D eigenvalue weighted by molar-refractivity contribution is -0.277. The smallest absolute Gasteiger partial charge is 0.229 e. The maximum atomic E-state index is 13.2. The topological polar surface area (TPSA) is 207 Å². The summed E-state index contributed by atoms with van der Waals surface area (Å²) < 4.78 is 17.1. The zero-order valence-electron chi connectivity index (χ0n) is 20.6. The molecule has 2 unspecified atom stereocenters. The summed E-state index contributed by atoms with van der Waals surface area (Å²) in [5.41, 5.74) is 0.814. The van der Waals surface area contributed by atoms with E-state index in [0.717, 1.165) is 17.7 Å². The Bertz CT molecular complexity index is 1240. The molecule has 8 N–H and O–H groups in total. The highest BCUT2D eigenvalue weighted by Crippen LogP contribution is 2.46. The number of phenolic OH excluding ortho intramolecular Hbond substituents is 3. The van der Waals surface area contributed by atoms with Crippen molar-refractivity contribution in [1.82, 2.24) is 0 Å². The molecule has 0 saturated carbocycles. The normalized spacial score (nSPS) is 28.8. The maximum Gasteiger partial charge on any atom is 0.229 e. The van der Waals surface area contributed by atoms with Gasteiger partial charge in [-0.25, -0.2) is 0 Å². The van der Waals surface area contributed by atoms with Crippen LogP contribution in [-0.2, 0) is 11.2 Å². The fourth-order valence-corrected chi connectivity index (χ4v) is 4.35. The Morgan fingerprint density at radius 3 is 2.34 bits per heavy atom. The van der Waals surface area contributed by atoms with Gasteiger partial charge in [0.15, 0.2) is 23.7 Å². The number of benzene rings is 2. The molecule has 0 aliphatic carbocycles. The van der Waals surface area contributed by atoms with E-state index in [-0.39, 0.29) is 34.6 Å². The second-order valence-corrected chi connectivity index (χ2v) is 9.47. The Balaban J connectivity index is 1.78. The second-order valence-electron chi connectivity index (χ2n) is 9.47. The summed E-state index contributed by atoms with van der Waals surface area (Å²) >= 11 is 0. The minimum atomic E-state index is -1.76. The summed E-state index contributed by atoms with van der Waals surface area (Å²) in [5, 5.41) is 81.4. The molecule has 38 heavy (non-hydrogen) atoms. The summed E-state index contributed by atoms with van der Waals surface area (Å²) in [6, 6.07) is 4.88. The van der Waals surface area contributed by atoms with Gasteiger partial charge in [-0.1, -0.05) is 17.7 Å². The fourth-order valence-electron chi connectivity index (χ4n) is 4.35. The van der Waals surface area contributed by atoms with Crippen LogP contribution in [0.15, 0.2) is 35.9 Å². The molecule has 0 aromatic heterocycles. The monoisotopic (exact) mass is 534 g/mol. The van der Waals surface area contributed by atoms with E-state index < -0.39 is 72.6 Å². The number of fused-ring (bicyclic) bond motifs is 1. The summed E-state index contributed by atoms with van der Waals surface area (Å²) in [5.74, 6) is -2.60. The van der Waals surface area contributed by atoms with Crippen LogP contribution in [0.3, 0.4) is 0 Å². The minimum Gasteiger partial charge on any atom is -0.507 e. The van der Waals surface area contributed by atoms with Crippen LogP contribution in [0, 0.1) is 0 Å². The van der Waals surface area contributed by atoms with Gasteiger partial charge in [0, 0.05) is 11.6 Å². The Hall–Kier alpha value is -3.39. The number of aliphatic hydroxyl groups excluding tert-OH is 5. The molecule has 7 atom stereocenters. The molecule has 2 aromatic carbocycles. The van der Waals surface area contributed by atoms with Crippen molar-refractivity contribution in [3.63, 3.8) is 0 Å². The molecule has 2 heterocycles. The Morgan fingerprint density at radius 2 is 1.71 bits per heavy atom. The minimum absolute atomic E-state index is 0.0623. The number of aliphatic hydroxyl groups is 5. The lowest BCUT2D eigenvalue weighted by atomic mass is 9.90. The molecule has 2 aliphatic heterocycles. The van der Waals surface area contributed by atoms with Crippen molar-refractivity contribution in [2.24, 2.45) is 0 Å². The number of rotatable bonds is 6. The van der Waals surface area contributed by atoms with E-state index in [1.807, 2.05) is 13.8 Å². The van der Waals surface area contributed by atoms with Crippen LogP contribution >= 0.6 is 0 Å². The van der Waals surface area contributed by atoms with Gasteiger partial charge < -0.3 is 55.1 Å². The SMILES string of the molecule is CC(C)=CCc1c(O[C@@H]2O[C@H](CO)[C@@H](O)[C@H](O)[C@H]2O)cc2c(c1O)C(=O)C(O)C(c1ccc(O)c(O)c1)O2. The highest BCUT2D eigenvalue weighted by Gasteiger charge is 2.46. The van der Waals surface area contributed by atoms with E-state index in [1.165, 1.54) is 12.1 Å². The van der Waals surface area contributed by atoms with Crippen molar-refractivity contribution in [2.45, 2.75) is 63.2 Å². The summed E-state index contributed by atoms with van der Waals surface area (Å²) in [7, 11) is 0. The van der Waals surface area contributed by atoms with Gasteiger partial charge in [-0.2, -0.15) is 0 Å². The van der Waals surface area contributed by atoms with Gasteiger partial charge in [0.25, 0.3) is 0 Å². The number of ether oxygens (including phenoxy) is 3. The highest BCUT2D eigenvalue weighted by molar-refractivity contribution is 6.06. The highest BCUT2D eigenvalue weighted by atomic mass is 16.7. The molecular weight excluding hydrogens is 504 g/mol. The average molecular weight is 535 g/mol. The van der Waals surface area contributed by atoms with E-state index >= 15 is 0 Å². The molecule has 1 fully saturated rings. The molecular formula is C26H30O12. The summed E-state index contributed by atoms with van der Waals surface area (Å²) in [6.45, 7) is 2.94. The number of aromatic hydroxyl groups is 3. The molecule has 0 bridgehead atoms. The number of allylic oxidation sites excluding steroid dienone is 2. The van der Waals surface area contributed by atoms with Crippen LogP contribution in [0.2, 0.25) is 0 Å². The van der Waals surface area contributed by atoms with Crippen LogP contribution in [0.1, 0.15) is 41.4 Å². The molecule has 0 amide bonds. The number of phenols is 3. The van der Waals surface area contributed by atoms with Crippen molar-refractivity contribution in [3.8, 4) is 28.7 Å². The predicted octanol–water partition coefficient (Wildman–Crippen LogP) is 0.168. The van der Waals surface area contributed by atoms with Gasteiger partial charge in [0.1, 0.15) is 47.2 Å². The van der Waals surface area contributed by atoms with Crippen LogP contribution < -0.4 is 9.47 Å². The number of ketones is 1. The number of Topliss-reactive ketones (excluding diaryl/α,β-unsaturated/α-hetero) is 1. The van der Waals surface area contributed by atoms with Gasteiger partial charge in [0.05, 0.1) is 6.61 Å². The zero-order chi connectivity index (χ0) is 27.9. The second kappa shape index (κ2) is 10.8. The van der Waals surface area contributed by atoms with Crippen LogP contribution in [0.5, 0.6) is 28.7 Å². The van der Waals surface area contributed by atoms with Crippen LogP contribution in [-0.4, -0.2) is 90.1 Å². The van der Waals surface area contributed by atoms with Gasteiger partial charge in [0.2, 0.25) is 12.1 Å². The lowest BCUT2D eigenvalue weighted by Crippen LogP contribution is -2.60. The Morgan fingerprint density at radius 1 is 1.00 bits per heavy atom. The van der Waals surface area contributed by atoms with Crippen LogP contribution in [0.25, 0.3) is 0 Å². The van der Waals surface area contributed by atoms with Crippen molar-refractivity contribution in [1.29, 1.82) is 0 Å². The third-order valence-corrected chi connectivity index (χ3v) is 6.52. The zero-order valence-corrected chi connectivity index (χ0v) is 20.6. The van der Waals surface area contributed by atoms with E-state index in [9.17, 15) is 45.6 Å². The van der Waals surface area contributed by atoms with Gasteiger partial charge >= 0.3 is 0 Å². The molecule has 4 rings (SSSR count). The quantitative estimate of drug-likeness (QED) is 0.184. The number of hydrogen-bond donors (Lipinski definition) is 8. The van der Waals surface area contributed by atoms with E-state index in [1.54, 1.807) is 6.08 Å². The summed E-state index contributed by atoms with van der Waals surface area (Å²) in [4.78, 5) is 13.2. The first kappa shape index (κ1) is 27.6. The maximum absolute atomic E-state index is 13.2. The lowest BCUT2D eigenvalue weighted by Gasteiger charge is -2.40. The standard InChI is InChI=1S/C26H30O12/c1-10(2)3-5-12-15(37-26-24(35)22(33)20(31)17(9-27)38-26)8-16-18(19(12)30)21(32)23(34)25(36-16)11-4-6-13(28)14(29)7-11/h3-4,6-8,17,20,22-31,33-35H,5,9H2,1-2H3/t17-,20-,22+,23?,24-,25?,26-/m1/s1. The molecule has 0 spiro atoms. The first-order valence-corrected chi connectivity index (χ1v) is 11.8. The van der Waals surface area contributed by atoms with E-state index in [0.29, 0.717) is 0 Å². The van der Waals surface area contributed by atoms with Crippen molar-refractivity contribution in [2.75, 3.05) is 6.61 Å². The molecule has 1 saturated heterocycles. The van der Waals surface area contributed by atoms with Gasteiger partial charge in [-0.3, -0.25) is 4.79 Å². The van der Waals surface area contributed by atoms with Crippen molar-refractivity contribution in [3.05, 3.63) is 52.6 Å². The van der Waals surface area contributed by atoms with Crippen molar-refractivity contribution < 1.29 is 59.9 Å². The first-order valence-electron chi connectivity index (χ1n) is 11.8. The number of hydrogen-bond acceptors (Lipinski definition) is 12. The van der Waals surface area contributed by atoms with Crippen LogP contribution in [0.4, 0.5) is 0 Å². The molecule has 206 valence electrons. The third-order valence-electron chi connectivity index (χ3n) is 6.52. The summed E-state index contributed by atoms with van der Waals surface area (Å²) in [6.07, 6.45) is -9.16. The van der Waals surface area contributed by atoms with Crippen molar-refractivity contribution >= 4 is 5.78 Å². The van der Waals surface area contributed by atoms with E-state index in [4.69, 9.17) is 14.2 Å². The molecule has 0 radical (unpaired) electrons. The average Bonchev–Trinajstić information content (AvgIpc) is 2.87. The molecule has 2 aliphatic rings. The van der Waals surface area contributed by atoms with Gasteiger partial charge in [-0.05, 0) is 38.0 Å². The number of carbonyl (C=O) groups excluding carboxylic acids is 1.